The predicted molar refractivity (Wildman–Crippen MR) is 97.7 cm³/mol. The normalized spacial score (nSPS) is 11.1. The number of amides is 2. The zero-order valence-corrected chi connectivity index (χ0v) is 15.5. The summed E-state index contributed by atoms with van der Waals surface area (Å²) in [5.41, 5.74) is -3.65. The molecule has 0 aromatic heterocycles. The highest BCUT2D eigenvalue weighted by molar-refractivity contribution is 8.13. The highest BCUT2D eigenvalue weighted by Gasteiger charge is 2.29. The molecule has 0 saturated carbocycles. The van der Waals surface area contributed by atoms with Crippen LogP contribution in [0.2, 0.25) is 0 Å². The molecule has 0 unspecified atom stereocenters. The number of anilines is 1. The Kier molecular flexibility index (Phi) is 6.60. The minimum absolute atomic E-state index is 0.00893. The minimum Gasteiger partial charge on any atom is -0.339 e. The van der Waals surface area contributed by atoms with Gasteiger partial charge in [0.2, 0.25) is 0 Å². The molecule has 138 valence electrons. The van der Waals surface area contributed by atoms with Crippen LogP contribution in [0.5, 0.6) is 0 Å². The summed E-state index contributed by atoms with van der Waals surface area (Å²) >= 11 is 0.787. The van der Waals surface area contributed by atoms with Crippen molar-refractivity contribution in [1.29, 1.82) is 0 Å². The van der Waals surface area contributed by atoms with Gasteiger partial charge in [0.1, 0.15) is 0 Å². The third-order valence-corrected chi connectivity index (χ3v) is 4.78. The topological polar surface area (TPSA) is 49.4 Å². The number of rotatable bonds is 4. The summed E-state index contributed by atoms with van der Waals surface area (Å²) in [6.45, 7) is 0. The van der Waals surface area contributed by atoms with Crippen molar-refractivity contribution < 1.29 is 22.8 Å². The number of nitrogens with one attached hydrogen (secondary N) is 1. The molecule has 2 aromatic rings. The number of alkyl halides is 3. The Bertz CT molecular complexity index is 793. The molecule has 0 aliphatic carbocycles. The zero-order chi connectivity index (χ0) is 19.3. The fourth-order valence-corrected chi connectivity index (χ4v) is 3.10. The highest BCUT2D eigenvalue weighted by atomic mass is 32.2. The predicted octanol–water partition coefficient (Wildman–Crippen LogP) is 5.32. The lowest BCUT2D eigenvalue weighted by Gasteiger charge is -2.11. The second-order valence-corrected chi connectivity index (χ2v) is 7.48. The van der Waals surface area contributed by atoms with Crippen molar-refractivity contribution in [3.8, 4) is 0 Å². The molecule has 26 heavy (non-hydrogen) atoms. The van der Waals surface area contributed by atoms with Gasteiger partial charge in [-0.15, -0.1) is 0 Å². The van der Waals surface area contributed by atoms with Crippen LogP contribution >= 0.6 is 23.5 Å². The minimum atomic E-state index is -4.37. The number of hydrogen-bond donors (Lipinski definition) is 1. The van der Waals surface area contributed by atoms with E-state index >= 15 is 0 Å². The van der Waals surface area contributed by atoms with E-state index in [2.05, 4.69) is 5.32 Å². The first-order chi connectivity index (χ1) is 12.1. The summed E-state index contributed by atoms with van der Waals surface area (Å²) < 4.78 is 37.0. The molecular weight excluding hydrogens is 385 g/mol. The number of carbonyl (C=O) groups excluding carboxylic acids is 2. The SMILES string of the molecule is CN(C)C(=O)Sc1cccc(NC(=O)c2ccc(SC(F)(F)F)cc2)c1. The van der Waals surface area contributed by atoms with Crippen LogP contribution in [0.1, 0.15) is 10.4 Å². The van der Waals surface area contributed by atoms with Crippen LogP contribution < -0.4 is 5.32 Å². The Morgan fingerprint density at radius 1 is 1.00 bits per heavy atom. The Labute approximate surface area is 157 Å². The van der Waals surface area contributed by atoms with Crippen molar-refractivity contribution in [2.24, 2.45) is 0 Å². The molecule has 0 spiro atoms. The van der Waals surface area contributed by atoms with E-state index in [1.807, 2.05) is 0 Å². The van der Waals surface area contributed by atoms with Gasteiger partial charge in [-0.1, -0.05) is 6.07 Å². The van der Waals surface area contributed by atoms with Crippen molar-refractivity contribution in [3.63, 3.8) is 0 Å². The van der Waals surface area contributed by atoms with Crippen molar-refractivity contribution in [2.45, 2.75) is 15.3 Å². The van der Waals surface area contributed by atoms with E-state index in [1.165, 1.54) is 29.2 Å². The van der Waals surface area contributed by atoms with Crippen LogP contribution in [-0.2, 0) is 0 Å². The molecule has 1 N–H and O–H groups in total. The monoisotopic (exact) mass is 400 g/mol. The third-order valence-electron chi connectivity index (χ3n) is 3.01. The summed E-state index contributed by atoms with van der Waals surface area (Å²) in [4.78, 5) is 26.1. The maximum Gasteiger partial charge on any atom is 0.446 e. The molecule has 0 radical (unpaired) electrons. The molecule has 0 fully saturated rings. The van der Waals surface area contributed by atoms with E-state index in [4.69, 9.17) is 0 Å². The van der Waals surface area contributed by atoms with Gasteiger partial charge in [-0.25, -0.2) is 0 Å². The van der Waals surface area contributed by atoms with E-state index in [-0.39, 0.29) is 27.5 Å². The maximum atomic E-state index is 12.3. The maximum absolute atomic E-state index is 12.3. The molecule has 9 heteroatoms. The van der Waals surface area contributed by atoms with E-state index < -0.39 is 11.4 Å². The second-order valence-electron chi connectivity index (χ2n) is 5.32. The third kappa shape index (κ3) is 6.30. The van der Waals surface area contributed by atoms with E-state index in [0.717, 1.165) is 11.8 Å². The molecule has 0 atom stereocenters. The summed E-state index contributed by atoms with van der Waals surface area (Å²) in [6.07, 6.45) is 0. The number of hydrogen-bond acceptors (Lipinski definition) is 4. The van der Waals surface area contributed by atoms with Crippen LogP contribution in [-0.4, -0.2) is 35.6 Å². The quantitative estimate of drug-likeness (QED) is 0.706. The van der Waals surface area contributed by atoms with Gasteiger partial charge >= 0.3 is 5.51 Å². The molecule has 0 aliphatic rings. The smallest absolute Gasteiger partial charge is 0.339 e. The summed E-state index contributed by atoms with van der Waals surface area (Å²) in [5.74, 6) is -0.449. The first-order valence-electron chi connectivity index (χ1n) is 7.30. The van der Waals surface area contributed by atoms with Crippen LogP contribution in [0.4, 0.5) is 23.7 Å². The van der Waals surface area contributed by atoms with E-state index in [9.17, 15) is 22.8 Å². The lowest BCUT2D eigenvalue weighted by atomic mass is 10.2. The first kappa shape index (κ1) is 20.2. The second kappa shape index (κ2) is 8.50. The Morgan fingerprint density at radius 3 is 2.23 bits per heavy atom. The van der Waals surface area contributed by atoms with Gasteiger partial charge in [0.15, 0.2) is 0 Å². The van der Waals surface area contributed by atoms with Crippen LogP contribution in [0.3, 0.4) is 0 Å². The Morgan fingerprint density at radius 2 is 1.65 bits per heavy atom. The fourth-order valence-electron chi connectivity index (χ4n) is 1.84. The molecule has 0 saturated heterocycles. The van der Waals surface area contributed by atoms with Crippen LogP contribution in [0.15, 0.2) is 58.3 Å². The Balaban J connectivity index is 2.04. The van der Waals surface area contributed by atoms with Crippen molar-refractivity contribution in [2.75, 3.05) is 19.4 Å². The van der Waals surface area contributed by atoms with E-state index in [0.29, 0.717) is 10.6 Å². The summed E-state index contributed by atoms with van der Waals surface area (Å²) in [6, 6.07) is 11.9. The molecule has 2 rings (SSSR count). The standard InChI is InChI=1S/C17H15F3N2O2S2/c1-22(2)16(24)25-14-5-3-4-12(10-14)21-15(23)11-6-8-13(9-7-11)26-17(18,19)20/h3-10H,1-2H3,(H,21,23). The largest absolute Gasteiger partial charge is 0.446 e. The van der Waals surface area contributed by atoms with Crippen molar-refractivity contribution in [3.05, 3.63) is 54.1 Å². The highest BCUT2D eigenvalue weighted by Crippen LogP contribution is 2.36. The van der Waals surface area contributed by atoms with Gasteiger partial charge in [0.25, 0.3) is 11.1 Å². The number of thioether (sulfide) groups is 2. The molecule has 2 amide bonds. The number of carbonyl (C=O) groups is 2. The number of nitrogens with zero attached hydrogens (tertiary/aromatic N) is 1. The fraction of sp³-hybridized carbons (Fsp3) is 0.176. The van der Waals surface area contributed by atoms with Gasteiger partial charge < -0.3 is 10.2 Å². The lowest BCUT2D eigenvalue weighted by Crippen LogP contribution is -2.16. The average Bonchev–Trinajstić information content (AvgIpc) is 2.54. The number of benzene rings is 2. The Hall–Kier alpha value is -2.13. The summed E-state index contributed by atoms with van der Waals surface area (Å²) in [5, 5.41) is 2.52. The van der Waals surface area contributed by atoms with Crippen LogP contribution in [0.25, 0.3) is 0 Å². The van der Waals surface area contributed by atoms with Gasteiger partial charge in [-0.3, -0.25) is 9.59 Å². The summed E-state index contributed by atoms with van der Waals surface area (Å²) in [7, 11) is 3.28. The molecule has 0 aliphatic heterocycles. The van der Waals surface area contributed by atoms with Gasteiger partial charge in [0, 0.05) is 35.1 Å². The van der Waals surface area contributed by atoms with Gasteiger partial charge in [0.05, 0.1) is 0 Å². The number of halogens is 3. The molecule has 2 aromatic carbocycles. The molecule has 0 heterocycles. The van der Waals surface area contributed by atoms with Gasteiger partial charge in [-0.05, 0) is 66.0 Å². The van der Waals surface area contributed by atoms with Crippen LogP contribution in [0, 0.1) is 0 Å². The first-order valence-corrected chi connectivity index (χ1v) is 8.94. The van der Waals surface area contributed by atoms with Crippen molar-refractivity contribution in [1.82, 2.24) is 4.90 Å². The average molecular weight is 400 g/mol. The van der Waals surface area contributed by atoms with Crippen molar-refractivity contribution >= 4 is 40.4 Å². The molecular formula is C17H15F3N2O2S2. The zero-order valence-electron chi connectivity index (χ0n) is 13.8. The van der Waals surface area contributed by atoms with E-state index in [1.54, 1.807) is 38.4 Å². The van der Waals surface area contributed by atoms with Gasteiger partial charge in [-0.2, -0.15) is 13.2 Å². The lowest BCUT2D eigenvalue weighted by molar-refractivity contribution is -0.0328. The molecule has 0 bridgehead atoms. The molecule has 4 nitrogen and oxygen atoms in total.